The van der Waals surface area contributed by atoms with Gasteiger partial charge in [-0.15, -0.1) is 0 Å². The van der Waals surface area contributed by atoms with E-state index in [0.29, 0.717) is 30.4 Å². The largest absolute Gasteiger partial charge is 0.444 e. The molecule has 3 N–H and O–H groups in total. The summed E-state index contributed by atoms with van der Waals surface area (Å²) in [5, 5.41) is 2.72. The van der Waals surface area contributed by atoms with E-state index in [1.165, 1.54) is 0 Å². The number of morpholine rings is 1. The van der Waals surface area contributed by atoms with Gasteiger partial charge in [-0.3, -0.25) is 5.32 Å². The van der Waals surface area contributed by atoms with Gasteiger partial charge in [0.1, 0.15) is 5.60 Å². The van der Waals surface area contributed by atoms with Crippen LogP contribution < -0.4 is 16.0 Å². The van der Waals surface area contributed by atoms with E-state index in [1.807, 2.05) is 20.8 Å². The molecule has 1 amide bonds. The Balaban J connectivity index is 2.17. The second-order valence-corrected chi connectivity index (χ2v) is 5.87. The van der Waals surface area contributed by atoms with Crippen LogP contribution in [-0.4, -0.2) is 43.0 Å². The minimum atomic E-state index is -0.559. The molecule has 1 fully saturated rings. The number of hydrogen-bond acceptors (Lipinski definition) is 6. The lowest BCUT2D eigenvalue weighted by Gasteiger charge is -2.29. The molecule has 0 aromatic carbocycles. The number of nitrogens with zero attached hydrogens (tertiary/aromatic N) is 2. The molecule has 0 saturated carbocycles. The molecular formula is C14H22N4O3. The van der Waals surface area contributed by atoms with E-state index in [9.17, 15) is 4.79 Å². The van der Waals surface area contributed by atoms with E-state index in [2.05, 4.69) is 15.2 Å². The lowest BCUT2D eigenvalue weighted by molar-refractivity contribution is 0.0636. The van der Waals surface area contributed by atoms with Gasteiger partial charge >= 0.3 is 6.09 Å². The van der Waals surface area contributed by atoms with Gasteiger partial charge in [0.15, 0.2) is 5.82 Å². The number of nitrogens with two attached hydrogens (primary N) is 1. The first kappa shape index (κ1) is 15.4. The Labute approximate surface area is 124 Å². The molecule has 1 aromatic heterocycles. The van der Waals surface area contributed by atoms with Gasteiger partial charge in [0.25, 0.3) is 0 Å². The maximum atomic E-state index is 11.9. The number of carbonyl (C=O) groups is 1. The Kier molecular flexibility index (Phi) is 4.52. The fourth-order valence-electron chi connectivity index (χ4n) is 2.01. The SMILES string of the molecule is CC(C)(C)OC(=O)Nc1cc(N)cnc1N1CCOCC1. The van der Waals surface area contributed by atoms with Crippen LogP contribution in [0.5, 0.6) is 0 Å². The normalized spacial score (nSPS) is 15.7. The molecule has 1 aliphatic heterocycles. The van der Waals surface area contributed by atoms with Crippen molar-refractivity contribution < 1.29 is 14.3 Å². The van der Waals surface area contributed by atoms with Crippen molar-refractivity contribution in [2.45, 2.75) is 26.4 Å². The molecule has 0 aliphatic carbocycles. The van der Waals surface area contributed by atoms with Gasteiger partial charge in [0.05, 0.1) is 30.8 Å². The number of ether oxygens (including phenoxy) is 2. The van der Waals surface area contributed by atoms with Crippen molar-refractivity contribution in [1.82, 2.24) is 4.98 Å². The molecule has 0 atom stereocenters. The van der Waals surface area contributed by atoms with Crippen LogP contribution in [0.4, 0.5) is 22.0 Å². The van der Waals surface area contributed by atoms with Gasteiger partial charge in [0, 0.05) is 13.1 Å². The summed E-state index contributed by atoms with van der Waals surface area (Å²) >= 11 is 0. The van der Waals surface area contributed by atoms with Crippen LogP contribution in [0.25, 0.3) is 0 Å². The molecule has 1 saturated heterocycles. The molecular weight excluding hydrogens is 272 g/mol. The number of carbonyl (C=O) groups excluding carboxylic acids is 1. The lowest BCUT2D eigenvalue weighted by Crippen LogP contribution is -2.37. The van der Waals surface area contributed by atoms with Crippen LogP contribution >= 0.6 is 0 Å². The molecule has 1 aromatic rings. The van der Waals surface area contributed by atoms with Crippen LogP contribution in [0.15, 0.2) is 12.3 Å². The summed E-state index contributed by atoms with van der Waals surface area (Å²) in [6.45, 7) is 8.16. The third-order valence-corrected chi connectivity index (χ3v) is 2.83. The van der Waals surface area contributed by atoms with Crippen LogP contribution in [0.3, 0.4) is 0 Å². The number of nitrogens with one attached hydrogen (secondary N) is 1. The number of rotatable bonds is 2. The predicted molar refractivity (Wildman–Crippen MR) is 81.5 cm³/mol. The highest BCUT2D eigenvalue weighted by molar-refractivity contribution is 5.89. The monoisotopic (exact) mass is 294 g/mol. The Bertz CT molecular complexity index is 507. The molecule has 0 bridgehead atoms. The Morgan fingerprint density at radius 1 is 1.43 bits per heavy atom. The summed E-state index contributed by atoms with van der Waals surface area (Å²) in [4.78, 5) is 18.3. The molecule has 0 spiro atoms. The molecule has 0 radical (unpaired) electrons. The van der Waals surface area contributed by atoms with Crippen molar-refractivity contribution in [3.05, 3.63) is 12.3 Å². The number of anilines is 3. The van der Waals surface area contributed by atoms with Crippen molar-refractivity contribution in [2.24, 2.45) is 0 Å². The van der Waals surface area contributed by atoms with Crippen molar-refractivity contribution in [2.75, 3.05) is 42.3 Å². The topological polar surface area (TPSA) is 89.7 Å². The first-order chi connectivity index (χ1) is 9.85. The number of aromatic nitrogens is 1. The molecule has 7 nitrogen and oxygen atoms in total. The smallest absolute Gasteiger partial charge is 0.412 e. The maximum absolute atomic E-state index is 11.9. The highest BCUT2D eigenvalue weighted by Crippen LogP contribution is 2.26. The molecule has 116 valence electrons. The van der Waals surface area contributed by atoms with Crippen LogP contribution in [-0.2, 0) is 9.47 Å². The maximum Gasteiger partial charge on any atom is 0.412 e. The quantitative estimate of drug-likeness (QED) is 0.865. The third-order valence-electron chi connectivity index (χ3n) is 2.83. The van der Waals surface area contributed by atoms with Crippen LogP contribution in [0.2, 0.25) is 0 Å². The van der Waals surface area contributed by atoms with Crippen LogP contribution in [0, 0.1) is 0 Å². The molecule has 7 heteroatoms. The Hall–Kier alpha value is -2.02. The van der Waals surface area contributed by atoms with Gasteiger partial charge in [-0.05, 0) is 26.8 Å². The second-order valence-electron chi connectivity index (χ2n) is 5.87. The van der Waals surface area contributed by atoms with E-state index < -0.39 is 11.7 Å². The summed E-state index contributed by atoms with van der Waals surface area (Å²) in [5.41, 5.74) is 6.24. The van der Waals surface area contributed by atoms with Gasteiger partial charge in [-0.1, -0.05) is 0 Å². The zero-order chi connectivity index (χ0) is 15.5. The Morgan fingerprint density at radius 3 is 2.71 bits per heavy atom. The summed E-state index contributed by atoms with van der Waals surface area (Å²) in [7, 11) is 0. The average molecular weight is 294 g/mol. The summed E-state index contributed by atoms with van der Waals surface area (Å²) in [5.74, 6) is 0.679. The van der Waals surface area contributed by atoms with Gasteiger partial charge in [-0.25, -0.2) is 9.78 Å². The zero-order valence-electron chi connectivity index (χ0n) is 12.7. The van der Waals surface area contributed by atoms with E-state index >= 15 is 0 Å². The molecule has 1 aliphatic rings. The third kappa shape index (κ3) is 4.49. The molecule has 2 heterocycles. The lowest BCUT2D eigenvalue weighted by atomic mass is 10.2. The first-order valence-electron chi connectivity index (χ1n) is 6.93. The van der Waals surface area contributed by atoms with E-state index in [0.717, 1.165) is 13.1 Å². The highest BCUT2D eigenvalue weighted by atomic mass is 16.6. The van der Waals surface area contributed by atoms with Crippen LogP contribution in [0.1, 0.15) is 20.8 Å². The fourth-order valence-corrected chi connectivity index (χ4v) is 2.01. The standard InChI is InChI=1S/C14H22N4O3/c1-14(2,3)21-13(19)17-11-8-10(15)9-16-12(11)18-4-6-20-7-5-18/h8-9H,4-7,15H2,1-3H3,(H,17,19). The van der Waals surface area contributed by atoms with Crippen molar-refractivity contribution in [3.63, 3.8) is 0 Å². The van der Waals surface area contributed by atoms with Gasteiger partial charge < -0.3 is 20.1 Å². The van der Waals surface area contributed by atoms with E-state index in [1.54, 1.807) is 12.3 Å². The van der Waals surface area contributed by atoms with Crippen molar-refractivity contribution in [3.8, 4) is 0 Å². The van der Waals surface area contributed by atoms with Crippen molar-refractivity contribution in [1.29, 1.82) is 0 Å². The first-order valence-corrected chi connectivity index (χ1v) is 6.93. The zero-order valence-corrected chi connectivity index (χ0v) is 12.7. The number of amides is 1. The number of nitrogen functional groups attached to an aromatic ring is 1. The minimum absolute atomic E-state index is 0.484. The summed E-state index contributed by atoms with van der Waals surface area (Å²) in [6.07, 6.45) is 1.05. The molecule has 0 unspecified atom stereocenters. The van der Waals surface area contributed by atoms with Gasteiger partial charge in [0.2, 0.25) is 0 Å². The van der Waals surface area contributed by atoms with E-state index in [4.69, 9.17) is 15.2 Å². The van der Waals surface area contributed by atoms with Gasteiger partial charge in [-0.2, -0.15) is 0 Å². The second kappa shape index (κ2) is 6.17. The highest BCUT2D eigenvalue weighted by Gasteiger charge is 2.21. The molecule has 21 heavy (non-hydrogen) atoms. The van der Waals surface area contributed by atoms with E-state index in [-0.39, 0.29) is 0 Å². The summed E-state index contributed by atoms with van der Waals surface area (Å²) in [6, 6.07) is 1.68. The van der Waals surface area contributed by atoms with Crippen molar-refractivity contribution >= 4 is 23.3 Å². The summed E-state index contributed by atoms with van der Waals surface area (Å²) < 4.78 is 10.6. The average Bonchev–Trinajstić information content (AvgIpc) is 2.37. The number of pyridine rings is 1. The Morgan fingerprint density at radius 2 is 2.10 bits per heavy atom. The predicted octanol–water partition coefficient (Wildman–Crippen LogP) is 1.85. The molecule has 2 rings (SSSR count). The minimum Gasteiger partial charge on any atom is -0.444 e. The number of hydrogen-bond donors (Lipinski definition) is 2. The fraction of sp³-hybridized carbons (Fsp3) is 0.571.